The Hall–Kier alpha value is -1.66. The Morgan fingerprint density at radius 2 is 2.50 bits per heavy atom. The van der Waals surface area contributed by atoms with Crippen LogP contribution in [-0.4, -0.2) is 35.4 Å². The van der Waals surface area contributed by atoms with Gasteiger partial charge in [-0.25, -0.2) is 0 Å². The van der Waals surface area contributed by atoms with E-state index in [1.165, 1.54) is 0 Å². The van der Waals surface area contributed by atoms with Gasteiger partial charge >= 0.3 is 0 Å². The minimum atomic E-state index is 0.0222. The van der Waals surface area contributed by atoms with Crippen LogP contribution in [0.25, 0.3) is 11.3 Å². The summed E-state index contributed by atoms with van der Waals surface area (Å²) in [5.74, 6) is 0.113. The maximum absolute atomic E-state index is 11.8. The molecule has 1 aliphatic rings. The first-order valence-corrected chi connectivity index (χ1v) is 7.69. The summed E-state index contributed by atoms with van der Waals surface area (Å²) in [5.41, 5.74) is 2.11. The molecule has 0 unspecified atom stereocenters. The zero-order valence-corrected chi connectivity index (χ0v) is 11.9. The highest BCUT2D eigenvalue weighted by Gasteiger charge is 2.22. The topological polar surface area (TPSA) is 56.2 Å². The van der Waals surface area contributed by atoms with Crippen LogP contribution >= 0.6 is 11.3 Å². The predicted molar refractivity (Wildman–Crippen MR) is 77.5 cm³/mol. The normalized spacial score (nSPS) is 18.3. The van der Waals surface area contributed by atoms with Gasteiger partial charge in [-0.3, -0.25) is 9.48 Å². The average Bonchev–Trinajstić information content (AvgIpc) is 3.20. The standard InChI is InChI=1S/C14H17N3O2S/c18-14(11-2-7-19-9-11)15-4-6-17-5-1-13(16-17)12-3-8-20-10-12/h1,3,5,8,10-11H,2,4,6-7,9H2,(H,15,18)/t11-/m1/s1. The highest BCUT2D eigenvalue weighted by atomic mass is 32.1. The molecule has 0 radical (unpaired) electrons. The van der Waals surface area contributed by atoms with Crippen LogP contribution in [0.4, 0.5) is 0 Å². The van der Waals surface area contributed by atoms with Crippen molar-refractivity contribution in [2.45, 2.75) is 13.0 Å². The van der Waals surface area contributed by atoms with Crippen molar-refractivity contribution in [3.05, 3.63) is 29.1 Å². The molecule has 1 saturated heterocycles. The first-order valence-electron chi connectivity index (χ1n) is 6.74. The number of carbonyl (C=O) groups excluding carboxylic acids is 1. The molecule has 1 amide bonds. The Balaban J connectivity index is 1.48. The molecule has 0 aromatic carbocycles. The van der Waals surface area contributed by atoms with Gasteiger partial charge < -0.3 is 10.1 Å². The minimum absolute atomic E-state index is 0.0222. The lowest BCUT2D eigenvalue weighted by atomic mass is 10.1. The third kappa shape index (κ3) is 3.08. The molecular formula is C14H17N3O2S. The Kier molecular flexibility index (Phi) is 4.13. The van der Waals surface area contributed by atoms with E-state index in [4.69, 9.17) is 4.74 Å². The van der Waals surface area contributed by atoms with Crippen molar-refractivity contribution in [1.29, 1.82) is 0 Å². The van der Waals surface area contributed by atoms with Gasteiger partial charge in [0, 0.05) is 30.3 Å². The quantitative estimate of drug-likeness (QED) is 0.913. The Morgan fingerprint density at radius 1 is 1.55 bits per heavy atom. The fourth-order valence-electron chi connectivity index (χ4n) is 2.23. The first kappa shape index (κ1) is 13.3. The highest BCUT2D eigenvalue weighted by molar-refractivity contribution is 7.08. The maximum atomic E-state index is 11.8. The molecule has 2 aromatic rings. The monoisotopic (exact) mass is 291 g/mol. The van der Waals surface area contributed by atoms with Gasteiger partial charge in [0.2, 0.25) is 5.91 Å². The summed E-state index contributed by atoms with van der Waals surface area (Å²) in [6.45, 7) is 2.53. The number of hydrogen-bond donors (Lipinski definition) is 1. The van der Waals surface area contributed by atoms with Gasteiger partial charge in [-0.1, -0.05) is 0 Å². The number of aromatic nitrogens is 2. The molecule has 0 aliphatic carbocycles. The van der Waals surface area contributed by atoms with E-state index >= 15 is 0 Å². The summed E-state index contributed by atoms with van der Waals surface area (Å²) < 4.78 is 7.07. The smallest absolute Gasteiger partial charge is 0.225 e. The van der Waals surface area contributed by atoms with Gasteiger partial charge in [0.25, 0.3) is 0 Å². The molecule has 1 atom stereocenters. The Labute approximate surface area is 121 Å². The molecule has 106 valence electrons. The molecule has 0 bridgehead atoms. The van der Waals surface area contributed by atoms with Gasteiger partial charge in [-0.15, -0.1) is 0 Å². The third-order valence-corrected chi connectivity index (χ3v) is 4.08. The highest BCUT2D eigenvalue weighted by Crippen LogP contribution is 2.19. The summed E-state index contributed by atoms with van der Waals surface area (Å²) in [6, 6.07) is 4.05. The fraction of sp³-hybridized carbons (Fsp3) is 0.429. The van der Waals surface area contributed by atoms with Crippen molar-refractivity contribution < 1.29 is 9.53 Å². The lowest BCUT2D eigenvalue weighted by Crippen LogP contribution is -2.33. The van der Waals surface area contributed by atoms with Crippen molar-refractivity contribution in [2.75, 3.05) is 19.8 Å². The molecule has 3 rings (SSSR count). The molecule has 2 aromatic heterocycles. The number of thiophene rings is 1. The van der Waals surface area contributed by atoms with Crippen molar-refractivity contribution in [3.8, 4) is 11.3 Å². The van der Waals surface area contributed by atoms with E-state index in [1.807, 2.05) is 22.3 Å². The number of amides is 1. The van der Waals surface area contributed by atoms with E-state index in [2.05, 4.69) is 21.9 Å². The number of ether oxygens (including phenoxy) is 1. The molecular weight excluding hydrogens is 274 g/mol. The second-order valence-electron chi connectivity index (χ2n) is 4.83. The number of nitrogens with zero attached hydrogens (tertiary/aromatic N) is 2. The molecule has 1 N–H and O–H groups in total. The number of nitrogens with one attached hydrogen (secondary N) is 1. The van der Waals surface area contributed by atoms with Crippen molar-refractivity contribution >= 4 is 17.2 Å². The van der Waals surface area contributed by atoms with Gasteiger partial charge in [0.05, 0.1) is 24.8 Å². The van der Waals surface area contributed by atoms with Crippen LogP contribution in [0.5, 0.6) is 0 Å². The van der Waals surface area contributed by atoms with E-state index in [0.29, 0.717) is 26.3 Å². The second-order valence-corrected chi connectivity index (χ2v) is 5.61. The molecule has 0 spiro atoms. The van der Waals surface area contributed by atoms with Crippen molar-refractivity contribution in [3.63, 3.8) is 0 Å². The largest absolute Gasteiger partial charge is 0.381 e. The molecule has 20 heavy (non-hydrogen) atoms. The van der Waals surface area contributed by atoms with Gasteiger partial charge in [-0.05, 0) is 23.9 Å². The van der Waals surface area contributed by atoms with Crippen LogP contribution in [0.3, 0.4) is 0 Å². The molecule has 0 saturated carbocycles. The minimum Gasteiger partial charge on any atom is -0.381 e. The SMILES string of the molecule is O=C(NCCn1ccc(-c2ccsc2)n1)[C@@H]1CCOC1. The van der Waals surface area contributed by atoms with Gasteiger partial charge in [-0.2, -0.15) is 16.4 Å². The zero-order valence-electron chi connectivity index (χ0n) is 11.1. The molecule has 6 heteroatoms. The molecule has 5 nitrogen and oxygen atoms in total. The van der Waals surface area contributed by atoms with E-state index in [9.17, 15) is 4.79 Å². The van der Waals surface area contributed by atoms with E-state index in [1.54, 1.807) is 11.3 Å². The van der Waals surface area contributed by atoms with Crippen LogP contribution < -0.4 is 5.32 Å². The third-order valence-electron chi connectivity index (χ3n) is 3.40. The van der Waals surface area contributed by atoms with Crippen LogP contribution in [0.2, 0.25) is 0 Å². The summed E-state index contributed by atoms with van der Waals surface area (Å²) in [4.78, 5) is 11.8. The average molecular weight is 291 g/mol. The summed E-state index contributed by atoms with van der Waals surface area (Å²) in [6.07, 6.45) is 2.77. The van der Waals surface area contributed by atoms with Crippen LogP contribution in [-0.2, 0) is 16.1 Å². The lowest BCUT2D eigenvalue weighted by Gasteiger charge is -2.09. The number of rotatable bonds is 5. The van der Waals surface area contributed by atoms with E-state index < -0.39 is 0 Å². The summed E-state index contributed by atoms with van der Waals surface area (Å²) in [7, 11) is 0. The van der Waals surface area contributed by atoms with Crippen LogP contribution in [0, 0.1) is 5.92 Å². The fourth-order valence-corrected chi connectivity index (χ4v) is 2.88. The van der Waals surface area contributed by atoms with Crippen LogP contribution in [0.15, 0.2) is 29.1 Å². The summed E-state index contributed by atoms with van der Waals surface area (Å²) in [5, 5.41) is 11.6. The van der Waals surface area contributed by atoms with E-state index in [0.717, 1.165) is 17.7 Å². The molecule has 1 aliphatic heterocycles. The van der Waals surface area contributed by atoms with Gasteiger partial charge in [0.15, 0.2) is 0 Å². The lowest BCUT2D eigenvalue weighted by molar-refractivity contribution is -0.124. The Bertz CT molecular complexity index is 559. The molecule has 1 fully saturated rings. The van der Waals surface area contributed by atoms with Gasteiger partial charge in [0.1, 0.15) is 0 Å². The predicted octanol–water partition coefficient (Wildman–Crippen LogP) is 1.76. The first-order chi connectivity index (χ1) is 9.83. The van der Waals surface area contributed by atoms with Crippen molar-refractivity contribution in [2.24, 2.45) is 5.92 Å². The Morgan fingerprint density at radius 3 is 3.25 bits per heavy atom. The maximum Gasteiger partial charge on any atom is 0.225 e. The summed E-state index contributed by atoms with van der Waals surface area (Å²) >= 11 is 1.66. The van der Waals surface area contributed by atoms with Crippen LogP contribution in [0.1, 0.15) is 6.42 Å². The van der Waals surface area contributed by atoms with E-state index in [-0.39, 0.29) is 11.8 Å². The zero-order chi connectivity index (χ0) is 13.8. The second kappa shape index (κ2) is 6.19. The number of hydrogen-bond acceptors (Lipinski definition) is 4. The van der Waals surface area contributed by atoms with Crippen molar-refractivity contribution in [1.82, 2.24) is 15.1 Å². The molecule has 3 heterocycles. The number of carbonyl (C=O) groups is 1.